The highest BCUT2D eigenvalue weighted by Gasteiger charge is 2.35. The number of benzene rings is 1. The smallest absolute Gasteiger partial charge is 0.254 e. The molecule has 5 aromatic rings. The highest BCUT2D eigenvalue weighted by atomic mass is 35.5. The van der Waals surface area contributed by atoms with Crippen molar-refractivity contribution in [3.63, 3.8) is 0 Å². The van der Waals surface area contributed by atoms with E-state index in [0.29, 0.717) is 46.9 Å². The molecule has 1 aliphatic heterocycles. The third-order valence-electron chi connectivity index (χ3n) is 7.18. The number of anilines is 1. The zero-order valence-corrected chi connectivity index (χ0v) is 21.3. The van der Waals surface area contributed by atoms with Gasteiger partial charge in [-0.3, -0.25) is 9.36 Å². The molecule has 0 saturated heterocycles. The minimum atomic E-state index is -0.713. The first kappa shape index (κ1) is 23.6. The lowest BCUT2D eigenvalue weighted by atomic mass is 10.1. The molecule has 39 heavy (non-hydrogen) atoms. The van der Waals surface area contributed by atoms with Gasteiger partial charge in [-0.1, -0.05) is 18.5 Å². The molecule has 0 bridgehead atoms. The van der Waals surface area contributed by atoms with Gasteiger partial charge in [-0.2, -0.15) is 4.68 Å². The topological polar surface area (TPSA) is 159 Å². The fraction of sp³-hybridized carbons (Fsp3) is 0.280. The Morgan fingerprint density at radius 3 is 2.79 bits per heavy atom. The monoisotopic (exact) mass is 545 g/mol. The average Bonchev–Trinajstić information content (AvgIpc) is 3.27. The van der Waals surface area contributed by atoms with Crippen LogP contribution in [-0.4, -0.2) is 49.7 Å². The molecule has 2 atom stereocenters. The second-order valence-corrected chi connectivity index (χ2v) is 10.3. The summed E-state index contributed by atoms with van der Waals surface area (Å²) >= 11 is 6.11. The molecule has 2 aliphatic rings. The van der Waals surface area contributed by atoms with E-state index in [4.69, 9.17) is 22.3 Å². The standard InChI is InChI=1S/C25H21ClFN11O/c1-11-6-17(24-30-8-15(32-24)23-22(12-2-3-12)34-18(28)9-29-23)38-19(39)7-14(33-25(11)38)20-16(37-10-31-35-36-37)5-4-13(26)21(20)27/h4-5,7-12,17H,2-3,6H2,1H3,(H2,28,34)(H,30,32)/t11-,17-/m0/s1. The minimum absolute atomic E-state index is 0.0424. The molecule has 3 N–H and O–H groups in total. The van der Waals surface area contributed by atoms with Crippen LogP contribution in [0, 0.1) is 5.82 Å². The molecular weight excluding hydrogens is 525 g/mol. The molecule has 0 unspecified atom stereocenters. The maximum absolute atomic E-state index is 15.3. The molecule has 1 saturated carbocycles. The van der Waals surface area contributed by atoms with E-state index in [9.17, 15) is 4.79 Å². The van der Waals surface area contributed by atoms with E-state index in [-0.39, 0.29) is 33.8 Å². The summed E-state index contributed by atoms with van der Waals surface area (Å²) in [6.07, 6.45) is 7.25. The van der Waals surface area contributed by atoms with E-state index in [0.717, 1.165) is 18.5 Å². The molecule has 1 fully saturated rings. The number of nitrogens with one attached hydrogen (secondary N) is 1. The van der Waals surface area contributed by atoms with Crippen molar-refractivity contribution in [3.05, 3.63) is 75.5 Å². The van der Waals surface area contributed by atoms with Crippen LogP contribution in [0.1, 0.15) is 61.4 Å². The molecule has 1 aliphatic carbocycles. The van der Waals surface area contributed by atoms with E-state index >= 15 is 4.39 Å². The number of nitrogen functional groups attached to an aromatic ring is 1. The first-order valence-electron chi connectivity index (χ1n) is 12.4. The first-order valence-corrected chi connectivity index (χ1v) is 12.8. The number of aromatic nitrogens is 10. The van der Waals surface area contributed by atoms with E-state index in [1.807, 2.05) is 6.92 Å². The number of nitrogens with zero attached hydrogens (tertiary/aromatic N) is 9. The van der Waals surface area contributed by atoms with Gasteiger partial charge in [0.1, 0.15) is 29.5 Å². The lowest BCUT2D eigenvalue weighted by molar-refractivity contribution is 0.555. The molecule has 12 nitrogen and oxygen atoms in total. The molecule has 14 heteroatoms. The third kappa shape index (κ3) is 3.88. The highest BCUT2D eigenvalue weighted by Crippen LogP contribution is 2.43. The Balaban J connectivity index is 1.30. The number of rotatable bonds is 5. The highest BCUT2D eigenvalue weighted by molar-refractivity contribution is 6.31. The molecule has 4 aromatic heterocycles. The Morgan fingerprint density at radius 1 is 1.18 bits per heavy atom. The molecule has 196 valence electrons. The van der Waals surface area contributed by atoms with Crippen LogP contribution in [-0.2, 0) is 0 Å². The maximum atomic E-state index is 15.3. The Kier molecular flexibility index (Phi) is 5.30. The first-order chi connectivity index (χ1) is 18.9. The summed E-state index contributed by atoms with van der Waals surface area (Å²) in [5.74, 6) is 1.03. The summed E-state index contributed by atoms with van der Waals surface area (Å²) in [4.78, 5) is 35.2. The van der Waals surface area contributed by atoms with Crippen molar-refractivity contribution >= 4 is 17.4 Å². The zero-order chi connectivity index (χ0) is 26.8. The number of fused-ring (bicyclic) bond motifs is 1. The van der Waals surface area contributed by atoms with Gasteiger partial charge in [0.25, 0.3) is 5.56 Å². The Bertz CT molecular complexity index is 1790. The van der Waals surface area contributed by atoms with E-state index in [2.05, 4.69) is 35.5 Å². The number of nitrogens with two attached hydrogens (primary N) is 1. The maximum Gasteiger partial charge on any atom is 0.254 e. The van der Waals surface area contributed by atoms with Gasteiger partial charge in [0.05, 0.1) is 51.8 Å². The van der Waals surface area contributed by atoms with Gasteiger partial charge in [-0.05, 0) is 41.8 Å². The third-order valence-corrected chi connectivity index (χ3v) is 7.47. The van der Waals surface area contributed by atoms with Crippen LogP contribution in [0.3, 0.4) is 0 Å². The second kappa shape index (κ2) is 8.76. The van der Waals surface area contributed by atoms with Crippen molar-refractivity contribution in [1.29, 1.82) is 0 Å². The quantitative estimate of drug-likeness (QED) is 0.337. The van der Waals surface area contributed by atoms with Gasteiger partial charge in [-0.25, -0.2) is 24.3 Å². The van der Waals surface area contributed by atoms with Gasteiger partial charge in [0.2, 0.25) is 0 Å². The van der Waals surface area contributed by atoms with Gasteiger partial charge < -0.3 is 10.7 Å². The fourth-order valence-corrected chi connectivity index (χ4v) is 5.37. The lowest BCUT2D eigenvalue weighted by Gasteiger charge is -2.15. The number of tetrazole rings is 1. The summed E-state index contributed by atoms with van der Waals surface area (Å²) in [5.41, 5.74) is 8.33. The molecular formula is C25H21ClFN11O. The van der Waals surface area contributed by atoms with Crippen molar-refractivity contribution in [2.75, 3.05) is 5.73 Å². The van der Waals surface area contributed by atoms with Gasteiger partial charge in [0.15, 0.2) is 5.82 Å². The van der Waals surface area contributed by atoms with Crippen LogP contribution in [0.5, 0.6) is 0 Å². The second-order valence-electron chi connectivity index (χ2n) is 9.86. The van der Waals surface area contributed by atoms with Crippen molar-refractivity contribution in [2.45, 2.75) is 44.1 Å². The van der Waals surface area contributed by atoms with Gasteiger partial charge in [0, 0.05) is 17.9 Å². The van der Waals surface area contributed by atoms with Crippen LogP contribution in [0.15, 0.2) is 41.7 Å². The molecule has 1 aromatic carbocycles. The van der Waals surface area contributed by atoms with Crippen LogP contribution in [0.4, 0.5) is 10.2 Å². The Labute approximate surface area is 225 Å². The lowest BCUT2D eigenvalue weighted by Crippen LogP contribution is -2.25. The molecule has 5 heterocycles. The Morgan fingerprint density at radius 2 is 2.03 bits per heavy atom. The van der Waals surface area contributed by atoms with Gasteiger partial charge >= 0.3 is 0 Å². The molecule has 0 radical (unpaired) electrons. The van der Waals surface area contributed by atoms with Crippen LogP contribution in [0.25, 0.3) is 28.3 Å². The van der Waals surface area contributed by atoms with Crippen molar-refractivity contribution in [1.82, 2.24) is 49.7 Å². The molecule has 0 amide bonds. The predicted molar refractivity (Wildman–Crippen MR) is 139 cm³/mol. The van der Waals surface area contributed by atoms with Crippen molar-refractivity contribution in [2.24, 2.45) is 0 Å². The average molecular weight is 546 g/mol. The zero-order valence-electron chi connectivity index (χ0n) is 20.6. The van der Waals surface area contributed by atoms with Crippen LogP contribution in [0.2, 0.25) is 5.02 Å². The summed E-state index contributed by atoms with van der Waals surface area (Å²) in [6, 6.07) is 3.91. The number of imidazole rings is 1. The summed E-state index contributed by atoms with van der Waals surface area (Å²) in [5, 5.41) is 11.0. The summed E-state index contributed by atoms with van der Waals surface area (Å²) in [6.45, 7) is 1.97. The van der Waals surface area contributed by atoms with Gasteiger partial charge in [-0.15, -0.1) is 5.10 Å². The SMILES string of the molecule is C[C@H]1C[C@@H](c2ncc(-c3ncc(N)nc3C3CC3)[nH]2)n2c1nc(-c1c(-n3cnnn3)ccc(Cl)c1F)cc2=O. The molecule has 0 spiro atoms. The summed E-state index contributed by atoms with van der Waals surface area (Å²) < 4.78 is 18.3. The fourth-order valence-electron chi connectivity index (χ4n) is 5.22. The number of hydrogen-bond acceptors (Lipinski definition) is 9. The van der Waals surface area contributed by atoms with E-state index < -0.39 is 5.82 Å². The van der Waals surface area contributed by atoms with Crippen LogP contribution < -0.4 is 11.3 Å². The minimum Gasteiger partial charge on any atom is -0.382 e. The normalized spacial score (nSPS) is 18.4. The van der Waals surface area contributed by atoms with Crippen molar-refractivity contribution < 1.29 is 4.39 Å². The number of H-pyrrole nitrogens is 1. The van der Waals surface area contributed by atoms with Crippen LogP contribution >= 0.6 is 11.6 Å². The van der Waals surface area contributed by atoms with Crippen molar-refractivity contribution in [3.8, 4) is 28.3 Å². The number of hydrogen-bond donors (Lipinski definition) is 2. The van der Waals surface area contributed by atoms with E-state index in [1.54, 1.807) is 16.8 Å². The largest absolute Gasteiger partial charge is 0.382 e. The number of halogens is 2. The molecule has 7 rings (SSSR count). The predicted octanol–water partition coefficient (Wildman–Crippen LogP) is 3.41. The van der Waals surface area contributed by atoms with E-state index in [1.165, 1.54) is 29.3 Å². The Hall–Kier alpha value is -4.52. The number of aromatic amines is 1. The summed E-state index contributed by atoms with van der Waals surface area (Å²) in [7, 11) is 0.